The smallest absolute Gasteiger partial charge is 0.167 e. The highest BCUT2D eigenvalue weighted by Crippen LogP contribution is 2.33. The van der Waals surface area contributed by atoms with Crippen LogP contribution >= 0.6 is 0 Å². The molecule has 5 heterocycles. The van der Waals surface area contributed by atoms with Gasteiger partial charge in [0, 0.05) is 43.1 Å². The van der Waals surface area contributed by atoms with Gasteiger partial charge in [0.05, 0.1) is 5.69 Å². The zero-order valence-corrected chi connectivity index (χ0v) is 16.3. The fourth-order valence-electron chi connectivity index (χ4n) is 4.69. The average Bonchev–Trinajstić information content (AvgIpc) is 3.48. The van der Waals surface area contributed by atoms with Crippen LogP contribution in [-0.2, 0) is 0 Å². The highest BCUT2D eigenvalue weighted by Gasteiger charge is 2.38. The minimum absolute atomic E-state index is 0.540. The Labute approximate surface area is 169 Å². The minimum Gasteiger partial charge on any atom is -0.351 e. The fraction of sp³-hybridized carbons (Fsp3) is 0.261. The first-order valence-electron chi connectivity index (χ1n) is 10.1. The summed E-state index contributed by atoms with van der Waals surface area (Å²) in [5, 5.41) is 3.57. The van der Waals surface area contributed by atoms with Crippen molar-refractivity contribution in [2.24, 2.45) is 0 Å². The van der Waals surface area contributed by atoms with Gasteiger partial charge in [-0.15, -0.1) is 0 Å². The number of piperazine rings is 1. The molecule has 2 bridgehead atoms. The molecule has 1 aromatic carbocycles. The number of pyridine rings is 2. The Morgan fingerprint density at radius 3 is 2.62 bits per heavy atom. The van der Waals surface area contributed by atoms with Crippen LogP contribution in [0.1, 0.15) is 12.0 Å². The third-order valence-corrected chi connectivity index (χ3v) is 6.15. The van der Waals surface area contributed by atoms with E-state index in [4.69, 9.17) is 9.97 Å². The lowest BCUT2D eigenvalue weighted by molar-refractivity contribution is 0.577. The molecule has 6 nitrogen and oxygen atoms in total. The van der Waals surface area contributed by atoms with E-state index in [0.29, 0.717) is 12.1 Å². The lowest BCUT2D eigenvalue weighted by Crippen LogP contribution is -2.44. The molecule has 2 aliphatic heterocycles. The first kappa shape index (κ1) is 16.7. The SMILES string of the molecule is Cc1ccccc1-c1nc2ccc(N3CC4CC3CN4)nc2n1-c1ccncc1. The first-order chi connectivity index (χ1) is 14.3. The summed E-state index contributed by atoms with van der Waals surface area (Å²) in [5.74, 6) is 1.96. The Balaban J connectivity index is 1.58. The number of hydrogen-bond acceptors (Lipinski definition) is 5. The van der Waals surface area contributed by atoms with Gasteiger partial charge < -0.3 is 10.2 Å². The van der Waals surface area contributed by atoms with Gasteiger partial charge in [-0.25, -0.2) is 9.97 Å². The molecule has 2 aliphatic rings. The maximum atomic E-state index is 5.11. The van der Waals surface area contributed by atoms with Crippen molar-refractivity contribution in [3.05, 3.63) is 66.5 Å². The van der Waals surface area contributed by atoms with Gasteiger partial charge in [0.15, 0.2) is 5.65 Å². The van der Waals surface area contributed by atoms with Gasteiger partial charge in [-0.1, -0.05) is 24.3 Å². The van der Waals surface area contributed by atoms with Crippen molar-refractivity contribution in [1.82, 2.24) is 24.8 Å². The van der Waals surface area contributed by atoms with Crippen LogP contribution in [0.2, 0.25) is 0 Å². The van der Waals surface area contributed by atoms with E-state index in [9.17, 15) is 0 Å². The summed E-state index contributed by atoms with van der Waals surface area (Å²) in [7, 11) is 0. The van der Waals surface area contributed by atoms with Crippen LogP contribution < -0.4 is 10.2 Å². The van der Waals surface area contributed by atoms with Gasteiger partial charge >= 0.3 is 0 Å². The van der Waals surface area contributed by atoms with Gasteiger partial charge in [0.25, 0.3) is 0 Å². The average molecular weight is 382 g/mol. The number of aromatic nitrogens is 4. The Morgan fingerprint density at radius 2 is 1.86 bits per heavy atom. The van der Waals surface area contributed by atoms with Crippen LogP contribution in [-0.4, -0.2) is 44.7 Å². The minimum atomic E-state index is 0.540. The third-order valence-electron chi connectivity index (χ3n) is 6.15. The third kappa shape index (κ3) is 2.63. The second kappa shape index (κ2) is 6.39. The maximum Gasteiger partial charge on any atom is 0.167 e. The van der Waals surface area contributed by atoms with Crippen LogP contribution in [0.15, 0.2) is 60.9 Å². The van der Waals surface area contributed by atoms with Crippen LogP contribution in [0, 0.1) is 6.92 Å². The van der Waals surface area contributed by atoms with E-state index < -0.39 is 0 Å². The van der Waals surface area contributed by atoms with Crippen LogP contribution in [0.25, 0.3) is 28.2 Å². The summed E-state index contributed by atoms with van der Waals surface area (Å²) in [4.78, 5) is 16.7. The molecule has 0 spiro atoms. The molecule has 6 rings (SSSR count). The number of hydrogen-bond donors (Lipinski definition) is 1. The Bertz CT molecular complexity index is 1200. The van der Waals surface area contributed by atoms with E-state index in [1.807, 2.05) is 24.5 Å². The van der Waals surface area contributed by atoms with E-state index in [1.54, 1.807) is 0 Å². The van der Waals surface area contributed by atoms with Crippen molar-refractivity contribution >= 4 is 17.0 Å². The van der Waals surface area contributed by atoms with Crippen molar-refractivity contribution < 1.29 is 0 Å². The number of imidazole rings is 1. The van der Waals surface area contributed by atoms with Gasteiger partial charge in [0.2, 0.25) is 0 Å². The van der Waals surface area contributed by atoms with Crippen LogP contribution in [0.3, 0.4) is 0 Å². The van der Waals surface area contributed by atoms with Crippen molar-refractivity contribution in [3.63, 3.8) is 0 Å². The van der Waals surface area contributed by atoms with E-state index >= 15 is 0 Å². The molecule has 6 heteroatoms. The lowest BCUT2D eigenvalue weighted by Gasteiger charge is -2.28. The predicted molar refractivity (Wildman–Crippen MR) is 114 cm³/mol. The number of nitrogens with zero attached hydrogens (tertiary/aromatic N) is 5. The van der Waals surface area contributed by atoms with Gasteiger partial charge in [-0.2, -0.15) is 0 Å². The molecule has 1 N–H and O–H groups in total. The zero-order chi connectivity index (χ0) is 19.4. The molecule has 2 atom stereocenters. The molecule has 4 aromatic rings. The molecule has 2 unspecified atom stereocenters. The Kier molecular flexibility index (Phi) is 3.67. The number of benzene rings is 1. The molecule has 0 aliphatic carbocycles. The number of rotatable bonds is 3. The van der Waals surface area contributed by atoms with Crippen molar-refractivity contribution in [1.29, 1.82) is 0 Å². The molecule has 0 saturated carbocycles. The monoisotopic (exact) mass is 382 g/mol. The summed E-state index contributed by atoms with van der Waals surface area (Å²) in [6.45, 7) is 4.19. The molecule has 144 valence electrons. The van der Waals surface area contributed by atoms with Gasteiger partial charge in [0.1, 0.15) is 17.2 Å². The van der Waals surface area contributed by atoms with Crippen molar-refractivity contribution in [2.75, 3.05) is 18.0 Å². The summed E-state index contributed by atoms with van der Waals surface area (Å²) < 4.78 is 2.16. The zero-order valence-electron chi connectivity index (χ0n) is 16.3. The normalized spacial score (nSPS) is 20.7. The number of fused-ring (bicyclic) bond motifs is 3. The molecule has 3 aromatic heterocycles. The van der Waals surface area contributed by atoms with E-state index in [1.165, 1.54) is 12.0 Å². The second-order valence-corrected chi connectivity index (χ2v) is 7.95. The largest absolute Gasteiger partial charge is 0.351 e. The van der Waals surface area contributed by atoms with E-state index in [-0.39, 0.29) is 0 Å². The number of anilines is 1. The highest BCUT2D eigenvalue weighted by atomic mass is 15.3. The summed E-state index contributed by atoms with van der Waals surface area (Å²) in [6, 6.07) is 17.8. The van der Waals surface area contributed by atoms with Crippen LogP contribution in [0.4, 0.5) is 5.82 Å². The fourth-order valence-corrected chi connectivity index (χ4v) is 4.69. The Hall–Kier alpha value is -3.25. The summed E-state index contributed by atoms with van der Waals surface area (Å²) >= 11 is 0. The summed E-state index contributed by atoms with van der Waals surface area (Å²) in [6.07, 6.45) is 4.84. The van der Waals surface area contributed by atoms with Gasteiger partial charge in [-0.05, 0) is 43.2 Å². The highest BCUT2D eigenvalue weighted by molar-refractivity contribution is 5.82. The van der Waals surface area contributed by atoms with E-state index in [0.717, 1.165) is 47.1 Å². The van der Waals surface area contributed by atoms with Crippen molar-refractivity contribution in [2.45, 2.75) is 25.4 Å². The molecule has 2 fully saturated rings. The number of aryl methyl sites for hydroxylation is 1. The molecule has 2 saturated heterocycles. The standard InChI is InChI=1S/C23H22N6/c1-15-4-2-3-5-19(15)22-26-20-6-7-21(28-14-16-12-18(28)13-25-16)27-23(20)29(22)17-8-10-24-11-9-17/h2-11,16,18,25H,12-14H2,1H3. The second-order valence-electron chi connectivity index (χ2n) is 7.95. The first-order valence-corrected chi connectivity index (χ1v) is 10.1. The van der Waals surface area contributed by atoms with E-state index in [2.05, 4.69) is 63.1 Å². The molecule has 29 heavy (non-hydrogen) atoms. The quantitative estimate of drug-likeness (QED) is 0.589. The topological polar surface area (TPSA) is 58.9 Å². The number of nitrogens with one attached hydrogen (secondary N) is 1. The summed E-state index contributed by atoms with van der Waals surface area (Å²) in [5.41, 5.74) is 5.14. The Morgan fingerprint density at radius 1 is 1.00 bits per heavy atom. The lowest BCUT2D eigenvalue weighted by atomic mass is 10.1. The maximum absolute atomic E-state index is 5.11. The molecular formula is C23H22N6. The molecule has 0 radical (unpaired) electrons. The molecule has 0 amide bonds. The van der Waals surface area contributed by atoms with Crippen LogP contribution in [0.5, 0.6) is 0 Å². The molecular weight excluding hydrogens is 360 g/mol. The van der Waals surface area contributed by atoms with Crippen molar-refractivity contribution in [3.8, 4) is 17.1 Å². The predicted octanol–water partition coefficient (Wildman–Crippen LogP) is 3.34. The van der Waals surface area contributed by atoms with Gasteiger partial charge in [-0.3, -0.25) is 9.55 Å².